The SMILES string of the molecule is CN1C(O)(O)C(O)(O)C(O)(C(O)(O)Oc2cc3ncnc(Nc4ccc(Br)cc4F)c3cc2OC(O)(O)O)C(O)(O)C1(O)O. The number of benzene rings is 2. The van der Waals surface area contributed by atoms with Gasteiger partial charge in [-0.1, -0.05) is 15.9 Å². The number of halogens is 2. The summed E-state index contributed by atoms with van der Waals surface area (Å²) in [5, 5.41) is 145. The number of hydrogen-bond acceptors (Lipinski definition) is 20. The van der Waals surface area contributed by atoms with Gasteiger partial charge in [0.05, 0.1) is 11.2 Å². The van der Waals surface area contributed by atoms with Gasteiger partial charge in [-0.3, -0.25) is 0 Å². The lowest BCUT2D eigenvalue weighted by molar-refractivity contribution is -0.627. The van der Waals surface area contributed by atoms with Gasteiger partial charge in [0, 0.05) is 15.9 Å². The van der Waals surface area contributed by atoms with Crippen molar-refractivity contribution in [2.24, 2.45) is 0 Å². The molecule has 1 fully saturated rings. The number of rotatable bonds is 7. The molecule has 0 bridgehead atoms. The zero-order valence-electron chi connectivity index (χ0n) is 21.6. The molecule has 4 rings (SSSR count). The van der Waals surface area contributed by atoms with Crippen molar-refractivity contribution in [3.8, 4) is 11.5 Å². The summed E-state index contributed by atoms with van der Waals surface area (Å²) in [4.78, 5) is 7.01. The first-order valence-electron chi connectivity index (χ1n) is 11.6. The van der Waals surface area contributed by atoms with Gasteiger partial charge in [-0.25, -0.2) is 14.4 Å². The summed E-state index contributed by atoms with van der Waals surface area (Å²) in [5.41, 5.74) is -5.67. The molecule has 2 heterocycles. The Kier molecular flexibility index (Phi) is 7.90. The average molecular weight is 699 g/mol. The Balaban J connectivity index is 1.90. The fourth-order valence-corrected chi connectivity index (χ4v) is 4.62. The van der Waals surface area contributed by atoms with Crippen LogP contribution in [0.2, 0.25) is 0 Å². The van der Waals surface area contributed by atoms with Crippen molar-refractivity contribution in [3.05, 3.63) is 46.9 Å². The van der Waals surface area contributed by atoms with E-state index >= 15 is 0 Å². The standard InChI is InChI=1S/C22H24BrFN4O16/c1-28-19(34,35)17(30,31)16(29,18(32,33)20(28,36)37)21(38,39)43-14-6-12-9(5-13(14)44-22(40,41)42)15(26-7-25-12)27-11-3-2-8(23)4-10(11)24/h2-7,29-42H,1H3,(H,25,26,27). The Hall–Kier alpha value is -3.01. The Bertz CT molecular complexity index is 1570. The van der Waals surface area contributed by atoms with Crippen molar-refractivity contribution >= 4 is 38.3 Å². The van der Waals surface area contributed by atoms with E-state index in [1.807, 2.05) is 0 Å². The maximum absolute atomic E-state index is 14.4. The third-order valence-corrected chi connectivity index (χ3v) is 7.23. The largest absolute Gasteiger partial charge is 0.453 e. The Morgan fingerprint density at radius 3 is 1.89 bits per heavy atom. The third kappa shape index (κ3) is 4.92. The number of hydrogen-bond donors (Lipinski definition) is 15. The number of likely N-dealkylation sites (N-methyl/N-ethyl adjacent to an activating group) is 1. The topological polar surface area (TPSA) is 343 Å². The molecule has 20 nitrogen and oxygen atoms in total. The number of piperidine rings is 1. The molecule has 0 unspecified atom stereocenters. The number of nitrogens with zero attached hydrogens (tertiary/aromatic N) is 3. The van der Waals surface area contributed by atoms with Crippen molar-refractivity contribution in [1.82, 2.24) is 14.9 Å². The van der Waals surface area contributed by atoms with E-state index in [4.69, 9.17) is 0 Å². The maximum atomic E-state index is 14.4. The number of likely N-dealkylation sites (tertiary alicyclic amines) is 1. The van der Waals surface area contributed by atoms with Crippen molar-refractivity contribution in [2.45, 2.75) is 41.1 Å². The summed E-state index contributed by atoms with van der Waals surface area (Å²) in [5.74, 6) is -27.5. The van der Waals surface area contributed by atoms with Crippen LogP contribution in [0.1, 0.15) is 0 Å². The summed E-state index contributed by atoms with van der Waals surface area (Å²) >= 11 is 3.08. The monoisotopic (exact) mass is 698 g/mol. The summed E-state index contributed by atoms with van der Waals surface area (Å²) in [6.07, 6.45) is -3.22. The fraction of sp³-hybridized carbons (Fsp3) is 0.364. The summed E-state index contributed by atoms with van der Waals surface area (Å²) in [6, 6.07) is 5.09. The fourth-order valence-electron chi connectivity index (χ4n) is 4.28. The molecule has 3 aromatic rings. The zero-order valence-corrected chi connectivity index (χ0v) is 23.2. The van der Waals surface area contributed by atoms with Crippen LogP contribution in [0.5, 0.6) is 11.5 Å². The van der Waals surface area contributed by atoms with Crippen molar-refractivity contribution < 1.29 is 85.4 Å². The molecule has 44 heavy (non-hydrogen) atoms. The number of aromatic nitrogens is 2. The van der Waals surface area contributed by atoms with Crippen LogP contribution in [0.3, 0.4) is 0 Å². The Morgan fingerprint density at radius 1 is 0.818 bits per heavy atom. The molecule has 2 aromatic carbocycles. The van der Waals surface area contributed by atoms with Gasteiger partial charge in [-0.2, -0.15) is 4.90 Å². The number of nitrogens with one attached hydrogen (secondary N) is 1. The lowest BCUT2D eigenvalue weighted by Gasteiger charge is -2.63. The van der Waals surface area contributed by atoms with Crippen LogP contribution < -0.4 is 14.8 Å². The second-order valence-electron chi connectivity index (χ2n) is 9.56. The molecule has 22 heteroatoms. The Labute approximate surface area is 250 Å². The summed E-state index contributed by atoms with van der Waals surface area (Å²) in [6.45, 7) is 0. The van der Waals surface area contributed by atoms with Crippen LogP contribution >= 0.6 is 15.9 Å². The van der Waals surface area contributed by atoms with Gasteiger partial charge in [-0.15, -0.1) is 0 Å². The van der Waals surface area contributed by atoms with Crippen LogP contribution in [-0.4, -0.2) is 135 Å². The van der Waals surface area contributed by atoms with Gasteiger partial charge in [0.2, 0.25) is 0 Å². The first kappa shape index (κ1) is 33.9. The predicted octanol–water partition coefficient (Wildman–Crippen LogP) is -5.43. The van der Waals surface area contributed by atoms with Crippen molar-refractivity contribution in [2.75, 3.05) is 12.4 Å². The van der Waals surface area contributed by atoms with Gasteiger partial charge in [-0.05, 0) is 31.3 Å². The molecular formula is C22H24BrFN4O16. The predicted molar refractivity (Wildman–Crippen MR) is 136 cm³/mol. The molecule has 242 valence electrons. The van der Waals surface area contributed by atoms with Crippen LogP contribution in [0.15, 0.2) is 41.1 Å². The van der Waals surface area contributed by atoms with Gasteiger partial charge < -0.3 is 86.3 Å². The van der Waals surface area contributed by atoms with E-state index in [0.29, 0.717) is 16.6 Å². The highest BCUT2D eigenvalue weighted by atomic mass is 79.9. The molecule has 0 amide bonds. The lowest BCUT2D eigenvalue weighted by atomic mass is 9.73. The van der Waals surface area contributed by atoms with Gasteiger partial charge in [0.1, 0.15) is 18.0 Å². The van der Waals surface area contributed by atoms with Gasteiger partial charge in [0.15, 0.2) is 11.5 Å². The first-order valence-corrected chi connectivity index (χ1v) is 12.4. The number of fused-ring (bicyclic) bond motifs is 1. The first-order chi connectivity index (χ1) is 19.8. The number of ether oxygens (including phenoxy) is 2. The molecule has 0 aliphatic carbocycles. The minimum Gasteiger partial charge on any atom is -0.433 e. The highest BCUT2D eigenvalue weighted by molar-refractivity contribution is 9.10. The van der Waals surface area contributed by atoms with E-state index in [2.05, 4.69) is 40.7 Å². The molecule has 0 saturated carbocycles. The zero-order chi connectivity index (χ0) is 33.5. The molecule has 1 aliphatic heterocycles. The molecule has 0 spiro atoms. The number of aliphatic hydroxyl groups is 14. The highest BCUT2D eigenvalue weighted by Gasteiger charge is 2.90. The molecule has 0 radical (unpaired) electrons. The molecule has 1 aromatic heterocycles. The Morgan fingerprint density at radius 2 is 1.36 bits per heavy atom. The van der Waals surface area contributed by atoms with E-state index in [1.54, 1.807) is 0 Å². The van der Waals surface area contributed by atoms with Crippen molar-refractivity contribution in [1.29, 1.82) is 0 Å². The van der Waals surface area contributed by atoms with Crippen LogP contribution in [0, 0.1) is 5.82 Å². The van der Waals surface area contributed by atoms with Crippen molar-refractivity contribution in [3.63, 3.8) is 0 Å². The summed E-state index contributed by atoms with van der Waals surface area (Å²) < 4.78 is 24.0. The minimum absolute atomic E-state index is 0.150. The van der Waals surface area contributed by atoms with E-state index in [9.17, 15) is 75.9 Å². The van der Waals surface area contributed by atoms with Gasteiger partial charge >= 0.3 is 12.1 Å². The quantitative estimate of drug-likeness (QED) is 0.102. The number of anilines is 2. The van der Waals surface area contributed by atoms with Crippen LogP contribution in [-0.2, 0) is 0 Å². The highest BCUT2D eigenvalue weighted by Crippen LogP contribution is 2.54. The molecule has 1 aliphatic rings. The second-order valence-corrected chi connectivity index (χ2v) is 10.5. The van der Waals surface area contributed by atoms with Crippen LogP contribution in [0.25, 0.3) is 10.9 Å². The van der Waals surface area contributed by atoms with E-state index < -0.39 is 63.3 Å². The lowest BCUT2D eigenvalue weighted by Crippen LogP contribution is -2.97. The maximum Gasteiger partial charge on any atom is 0.453 e. The van der Waals surface area contributed by atoms with Crippen LogP contribution in [0.4, 0.5) is 15.9 Å². The van der Waals surface area contributed by atoms with E-state index in [1.165, 1.54) is 12.1 Å². The normalized spacial score (nSPS) is 20.8. The smallest absolute Gasteiger partial charge is 0.433 e. The second kappa shape index (κ2) is 10.3. The van der Waals surface area contributed by atoms with Gasteiger partial charge in [0.25, 0.3) is 29.0 Å². The molecule has 15 N–H and O–H groups in total. The molecular weight excluding hydrogens is 675 g/mol. The van der Waals surface area contributed by atoms with E-state index in [-0.39, 0.29) is 29.5 Å². The minimum atomic E-state index is -5.19. The third-order valence-electron chi connectivity index (χ3n) is 6.74. The molecule has 1 saturated heterocycles. The average Bonchev–Trinajstić information content (AvgIpc) is 2.87. The summed E-state index contributed by atoms with van der Waals surface area (Å²) in [7, 11) is 0.253. The van der Waals surface area contributed by atoms with E-state index in [0.717, 1.165) is 12.4 Å². The molecule has 0 atom stereocenters.